The Morgan fingerprint density at radius 1 is 0.923 bits per heavy atom. The molecule has 0 heterocycles. The number of anilines is 1. The zero-order valence-electron chi connectivity index (χ0n) is 15.0. The molecule has 1 unspecified atom stereocenters. The Kier molecular flexibility index (Phi) is 6.49. The minimum Gasteiger partial charge on any atom is -0.465 e. The maximum atomic E-state index is 12.7. The van der Waals surface area contributed by atoms with Crippen LogP contribution in [0.2, 0.25) is 0 Å². The lowest BCUT2D eigenvalue weighted by atomic mass is 10.0. The van der Waals surface area contributed by atoms with Crippen molar-refractivity contribution < 1.29 is 19.1 Å². The molecule has 2 amide bonds. The third kappa shape index (κ3) is 4.69. The first-order valence-corrected chi connectivity index (χ1v) is 8.28. The van der Waals surface area contributed by atoms with Crippen molar-refractivity contribution in [1.29, 1.82) is 0 Å². The average molecular weight is 354 g/mol. The number of amides is 2. The van der Waals surface area contributed by atoms with Gasteiger partial charge in [0, 0.05) is 5.56 Å². The number of methoxy groups -OCH3 is 1. The van der Waals surface area contributed by atoms with Crippen molar-refractivity contribution >= 4 is 23.5 Å². The number of esters is 1. The molecule has 0 aliphatic carbocycles. The number of carbonyl (C=O) groups excluding carboxylic acids is 3. The van der Waals surface area contributed by atoms with Gasteiger partial charge in [0.1, 0.15) is 6.04 Å². The van der Waals surface area contributed by atoms with Crippen LogP contribution in [0.1, 0.15) is 34.6 Å². The first kappa shape index (κ1) is 19.2. The topological polar surface area (TPSA) is 84.5 Å². The lowest BCUT2D eigenvalue weighted by Crippen LogP contribution is -2.47. The van der Waals surface area contributed by atoms with Gasteiger partial charge in [0.2, 0.25) is 5.91 Å². The Morgan fingerprint density at radius 2 is 1.54 bits per heavy atom. The highest BCUT2D eigenvalue weighted by atomic mass is 16.5. The largest absolute Gasteiger partial charge is 0.465 e. The number of para-hydroxylation sites is 1. The van der Waals surface area contributed by atoms with E-state index in [1.54, 1.807) is 48.5 Å². The second-order valence-electron chi connectivity index (χ2n) is 6.09. The molecule has 0 aliphatic heterocycles. The number of carbonyl (C=O) groups is 3. The van der Waals surface area contributed by atoms with Crippen molar-refractivity contribution in [2.45, 2.75) is 19.9 Å². The van der Waals surface area contributed by atoms with E-state index in [1.807, 2.05) is 19.9 Å². The minimum atomic E-state index is -0.756. The van der Waals surface area contributed by atoms with E-state index in [9.17, 15) is 14.4 Å². The summed E-state index contributed by atoms with van der Waals surface area (Å²) in [6.45, 7) is 3.67. The summed E-state index contributed by atoms with van der Waals surface area (Å²) in [5.74, 6) is -1.43. The van der Waals surface area contributed by atoms with Crippen LogP contribution >= 0.6 is 0 Å². The van der Waals surface area contributed by atoms with Gasteiger partial charge in [-0.1, -0.05) is 44.2 Å². The predicted molar refractivity (Wildman–Crippen MR) is 98.9 cm³/mol. The summed E-state index contributed by atoms with van der Waals surface area (Å²) in [5.41, 5.74) is 1.06. The molecule has 26 heavy (non-hydrogen) atoms. The van der Waals surface area contributed by atoms with E-state index in [0.29, 0.717) is 11.3 Å². The van der Waals surface area contributed by atoms with E-state index in [1.165, 1.54) is 7.11 Å². The Bertz CT molecular complexity index is 787. The molecule has 2 N–H and O–H groups in total. The van der Waals surface area contributed by atoms with Crippen LogP contribution in [0, 0.1) is 5.92 Å². The Hall–Kier alpha value is -3.15. The molecule has 6 nitrogen and oxygen atoms in total. The average Bonchev–Trinajstić information content (AvgIpc) is 2.66. The maximum Gasteiger partial charge on any atom is 0.339 e. The number of rotatable bonds is 6. The van der Waals surface area contributed by atoms with Crippen LogP contribution in [0.4, 0.5) is 5.69 Å². The second kappa shape index (κ2) is 8.80. The fourth-order valence-electron chi connectivity index (χ4n) is 2.44. The maximum absolute atomic E-state index is 12.7. The molecule has 0 saturated carbocycles. The number of ether oxygens (including phenoxy) is 1. The highest BCUT2D eigenvalue weighted by Gasteiger charge is 2.26. The van der Waals surface area contributed by atoms with E-state index in [2.05, 4.69) is 10.6 Å². The molecule has 0 bridgehead atoms. The molecule has 0 fully saturated rings. The monoisotopic (exact) mass is 354 g/mol. The Labute approximate surface area is 152 Å². The first-order valence-electron chi connectivity index (χ1n) is 8.28. The summed E-state index contributed by atoms with van der Waals surface area (Å²) in [4.78, 5) is 36.9. The molecule has 0 aliphatic rings. The van der Waals surface area contributed by atoms with Crippen molar-refractivity contribution in [3.63, 3.8) is 0 Å². The van der Waals surface area contributed by atoms with E-state index in [0.717, 1.165) is 0 Å². The van der Waals surface area contributed by atoms with Gasteiger partial charge in [-0.2, -0.15) is 0 Å². The van der Waals surface area contributed by atoms with Gasteiger partial charge >= 0.3 is 5.97 Å². The number of hydrogen-bond acceptors (Lipinski definition) is 4. The van der Waals surface area contributed by atoms with Crippen molar-refractivity contribution in [3.8, 4) is 0 Å². The van der Waals surface area contributed by atoms with Crippen molar-refractivity contribution in [1.82, 2.24) is 5.32 Å². The van der Waals surface area contributed by atoms with Crippen LogP contribution in [0.15, 0.2) is 54.6 Å². The van der Waals surface area contributed by atoms with Gasteiger partial charge in [-0.3, -0.25) is 9.59 Å². The van der Waals surface area contributed by atoms with Crippen LogP contribution in [-0.4, -0.2) is 30.9 Å². The van der Waals surface area contributed by atoms with Crippen molar-refractivity contribution in [2.75, 3.05) is 12.4 Å². The zero-order chi connectivity index (χ0) is 19.1. The number of nitrogens with one attached hydrogen (secondary N) is 2. The molecule has 0 aromatic heterocycles. The van der Waals surface area contributed by atoms with Crippen LogP contribution in [0.3, 0.4) is 0 Å². The molecular formula is C20H22N2O4. The van der Waals surface area contributed by atoms with Crippen LogP contribution < -0.4 is 10.6 Å². The molecule has 0 spiro atoms. The molecule has 2 aromatic carbocycles. The molecule has 1 atom stereocenters. The lowest BCUT2D eigenvalue weighted by molar-refractivity contribution is -0.118. The predicted octanol–water partition coefficient (Wildman–Crippen LogP) is 2.87. The van der Waals surface area contributed by atoms with Crippen molar-refractivity contribution in [2.24, 2.45) is 5.92 Å². The second-order valence-corrected chi connectivity index (χ2v) is 6.09. The quantitative estimate of drug-likeness (QED) is 0.781. The molecule has 136 valence electrons. The van der Waals surface area contributed by atoms with Gasteiger partial charge in [0.25, 0.3) is 5.91 Å². The van der Waals surface area contributed by atoms with Gasteiger partial charge in [0.05, 0.1) is 18.4 Å². The van der Waals surface area contributed by atoms with Gasteiger partial charge < -0.3 is 15.4 Å². The van der Waals surface area contributed by atoms with Gasteiger partial charge in [-0.05, 0) is 30.2 Å². The van der Waals surface area contributed by atoms with E-state index < -0.39 is 17.9 Å². The fraction of sp³-hybridized carbons (Fsp3) is 0.250. The summed E-state index contributed by atoms with van der Waals surface area (Å²) in [7, 11) is 1.28. The normalized spacial score (nSPS) is 11.5. The molecule has 0 radical (unpaired) electrons. The number of benzene rings is 2. The van der Waals surface area contributed by atoms with Crippen LogP contribution in [-0.2, 0) is 9.53 Å². The summed E-state index contributed by atoms with van der Waals surface area (Å²) in [6, 6.07) is 14.5. The van der Waals surface area contributed by atoms with E-state index in [4.69, 9.17) is 4.74 Å². The van der Waals surface area contributed by atoms with Gasteiger partial charge in [-0.25, -0.2) is 4.79 Å². The molecule has 2 rings (SSSR count). The fourth-order valence-corrected chi connectivity index (χ4v) is 2.44. The highest BCUT2D eigenvalue weighted by Crippen LogP contribution is 2.17. The summed E-state index contributed by atoms with van der Waals surface area (Å²) < 4.78 is 4.73. The lowest BCUT2D eigenvalue weighted by Gasteiger charge is -2.22. The van der Waals surface area contributed by atoms with Gasteiger partial charge in [0.15, 0.2) is 0 Å². The summed E-state index contributed by atoms with van der Waals surface area (Å²) in [5, 5.41) is 5.46. The van der Waals surface area contributed by atoms with Crippen LogP contribution in [0.5, 0.6) is 0 Å². The molecular weight excluding hydrogens is 332 g/mol. The highest BCUT2D eigenvalue weighted by molar-refractivity contribution is 6.05. The molecule has 6 heteroatoms. The number of hydrogen-bond donors (Lipinski definition) is 2. The van der Waals surface area contributed by atoms with Crippen LogP contribution in [0.25, 0.3) is 0 Å². The van der Waals surface area contributed by atoms with Gasteiger partial charge in [-0.15, -0.1) is 0 Å². The van der Waals surface area contributed by atoms with E-state index >= 15 is 0 Å². The summed E-state index contributed by atoms with van der Waals surface area (Å²) in [6.07, 6.45) is 0. The Morgan fingerprint density at radius 3 is 2.15 bits per heavy atom. The third-order valence-corrected chi connectivity index (χ3v) is 3.86. The standard InChI is InChI=1S/C20H22N2O4/c1-13(2)17(22-18(23)14-9-5-4-6-10-14)19(24)21-16-12-8-7-11-15(16)20(25)26-3/h4-13,17H,1-3H3,(H,21,24)(H,22,23). The summed E-state index contributed by atoms with van der Waals surface area (Å²) >= 11 is 0. The zero-order valence-corrected chi connectivity index (χ0v) is 15.0. The smallest absolute Gasteiger partial charge is 0.339 e. The molecule has 0 saturated heterocycles. The first-order chi connectivity index (χ1) is 12.4. The minimum absolute atomic E-state index is 0.145. The molecule has 2 aromatic rings. The van der Waals surface area contributed by atoms with E-state index in [-0.39, 0.29) is 17.4 Å². The SMILES string of the molecule is COC(=O)c1ccccc1NC(=O)C(NC(=O)c1ccccc1)C(C)C. The third-order valence-electron chi connectivity index (χ3n) is 3.86. The Balaban J connectivity index is 2.17. The van der Waals surface area contributed by atoms with Crippen molar-refractivity contribution in [3.05, 3.63) is 65.7 Å².